The van der Waals surface area contributed by atoms with Crippen molar-refractivity contribution < 1.29 is 14.6 Å². The molecule has 2 heterocycles. The number of rotatable bonds is 5. The Morgan fingerprint density at radius 2 is 2.42 bits per heavy atom. The van der Waals surface area contributed by atoms with E-state index >= 15 is 0 Å². The van der Waals surface area contributed by atoms with Crippen LogP contribution in [-0.4, -0.2) is 27.0 Å². The van der Waals surface area contributed by atoms with E-state index in [0.717, 1.165) is 10.6 Å². The first kappa shape index (κ1) is 13.5. The van der Waals surface area contributed by atoms with E-state index in [0.29, 0.717) is 0 Å². The first-order valence-electron chi connectivity index (χ1n) is 5.75. The summed E-state index contributed by atoms with van der Waals surface area (Å²) in [4.78, 5) is 12.2. The molecule has 0 saturated heterocycles. The van der Waals surface area contributed by atoms with Crippen LogP contribution in [-0.2, 0) is 16.3 Å². The number of nitrogens with zero attached hydrogens (tertiary/aromatic N) is 2. The molecule has 1 atom stereocenters. The van der Waals surface area contributed by atoms with Crippen LogP contribution < -0.4 is 0 Å². The lowest BCUT2D eigenvalue weighted by atomic mass is 10.3. The fourth-order valence-electron chi connectivity index (χ4n) is 1.34. The first-order chi connectivity index (χ1) is 9.15. The Kier molecular flexibility index (Phi) is 4.48. The Labute approximate surface area is 114 Å². The minimum Gasteiger partial charge on any atom is -0.440 e. The molecule has 0 spiro atoms. The zero-order chi connectivity index (χ0) is 13.7. The molecule has 0 saturated carbocycles. The number of thiophene rings is 1. The monoisotopic (exact) mass is 278 g/mol. The van der Waals surface area contributed by atoms with Gasteiger partial charge in [-0.2, -0.15) is 5.10 Å². The molecule has 5 nitrogen and oxygen atoms in total. The predicted molar refractivity (Wildman–Crippen MR) is 73.2 cm³/mol. The Bertz CT molecular complexity index is 558. The molecule has 6 heteroatoms. The van der Waals surface area contributed by atoms with E-state index in [4.69, 9.17) is 9.84 Å². The van der Waals surface area contributed by atoms with Gasteiger partial charge in [-0.05, 0) is 36.6 Å². The highest BCUT2D eigenvalue weighted by Crippen LogP contribution is 2.12. The molecule has 0 aliphatic heterocycles. The molecule has 100 valence electrons. The van der Waals surface area contributed by atoms with Crippen molar-refractivity contribution in [2.75, 3.05) is 0 Å². The summed E-state index contributed by atoms with van der Waals surface area (Å²) in [6.07, 6.45) is 4.45. The molecule has 0 radical (unpaired) electrons. The number of aliphatic hydroxyl groups excluding tert-OH is 1. The molecule has 0 amide bonds. The lowest BCUT2D eigenvalue weighted by Crippen LogP contribution is -2.20. The number of esters is 1. The summed E-state index contributed by atoms with van der Waals surface area (Å²) in [5.41, 5.74) is 0.779. The Balaban J connectivity index is 1.90. The van der Waals surface area contributed by atoms with Gasteiger partial charge in [0.15, 0.2) is 6.73 Å². The maximum atomic E-state index is 11.1. The number of carbonyl (C=O) groups is 1. The molecule has 0 bridgehead atoms. The number of hydrogen-bond donors (Lipinski definition) is 1. The third kappa shape index (κ3) is 4.04. The molecule has 1 N–H and O–H groups in total. The molecule has 2 rings (SSSR count). The number of aromatic nitrogens is 2. The van der Waals surface area contributed by atoms with Crippen LogP contribution >= 0.6 is 11.3 Å². The van der Waals surface area contributed by atoms with Crippen LogP contribution in [0.3, 0.4) is 0 Å². The van der Waals surface area contributed by atoms with Gasteiger partial charge in [0.05, 0.1) is 5.69 Å². The van der Waals surface area contributed by atoms with Crippen molar-refractivity contribution in [3.63, 3.8) is 0 Å². The van der Waals surface area contributed by atoms with E-state index in [1.165, 1.54) is 11.6 Å². The van der Waals surface area contributed by atoms with Gasteiger partial charge in [-0.3, -0.25) is 0 Å². The number of aliphatic hydroxyl groups is 1. The second-order valence-corrected chi connectivity index (χ2v) is 4.88. The van der Waals surface area contributed by atoms with Crippen molar-refractivity contribution in [3.8, 4) is 0 Å². The van der Waals surface area contributed by atoms with Crippen molar-refractivity contribution in [3.05, 3.63) is 40.3 Å². The van der Waals surface area contributed by atoms with Crippen molar-refractivity contribution in [2.24, 2.45) is 0 Å². The van der Waals surface area contributed by atoms with Crippen LogP contribution in [0.2, 0.25) is 0 Å². The topological polar surface area (TPSA) is 64.3 Å². The number of carbonyl (C=O) groups excluding carboxylic acids is 1. The van der Waals surface area contributed by atoms with Gasteiger partial charge < -0.3 is 9.84 Å². The van der Waals surface area contributed by atoms with E-state index in [9.17, 15) is 4.79 Å². The third-order valence-electron chi connectivity index (χ3n) is 2.30. The van der Waals surface area contributed by atoms with Gasteiger partial charge in [-0.15, -0.1) is 11.3 Å². The quantitative estimate of drug-likeness (QED) is 0.850. The van der Waals surface area contributed by atoms with Crippen LogP contribution in [0.5, 0.6) is 0 Å². The Morgan fingerprint density at radius 3 is 3.11 bits per heavy atom. The standard InChI is InChI=1S/C13H14N2O3S/c1-10(16)13(17)18-9-15-7-6-11(14-15)4-5-12-3-2-8-19-12/h2-8,10,16H,9H2,1H3/b5-4+. The summed E-state index contributed by atoms with van der Waals surface area (Å²) in [5.74, 6) is -0.661. The van der Waals surface area contributed by atoms with Crippen molar-refractivity contribution in [1.82, 2.24) is 9.78 Å². The van der Waals surface area contributed by atoms with Crippen LogP contribution in [0.1, 0.15) is 17.5 Å². The average molecular weight is 278 g/mol. The molecule has 0 aromatic carbocycles. The third-order valence-corrected chi connectivity index (χ3v) is 3.14. The van der Waals surface area contributed by atoms with Crippen molar-refractivity contribution >= 4 is 29.5 Å². The first-order valence-corrected chi connectivity index (χ1v) is 6.63. The van der Waals surface area contributed by atoms with Crippen molar-refractivity contribution in [1.29, 1.82) is 0 Å². The van der Waals surface area contributed by atoms with E-state index in [1.807, 2.05) is 35.7 Å². The molecular formula is C13H14N2O3S. The zero-order valence-corrected chi connectivity index (χ0v) is 11.2. The lowest BCUT2D eigenvalue weighted by Gasteiger charge is -2.05. The highest BCUT2D eigenvalue weighted by atomic mass is 32.1. The van der Waals surface area contributed by atoms with Gasteiger partial charge in [-0.25, -0.2) is 9.48 Å². The fraction of sp³-hybridized carbons (Fsp3) is 0.231. The molecule has 0 aliphatic carbocycles. The minimum absolute atomic E-state index is 0.00340. The van der Waals surface area contributed by atoms with Crippen molar-refractivity contribution in [2.45, 2.75) is 19.8 Å². The van der Waals surface area contributed by atoms with Gasteiger partial charge in [-0.1, -0.05) is 6.07 Å². The second-order valence-electron chi connectivity index (χ2n) is 3.90. The number of ether oxygens (including phenoxy) is 1. The van der Waals surface area contributed by atoms with Crippen LogP contribution in [0.15, 0.2) is 29.8 Å². The van der Waals surface area contributed by atoms with Crippen LogP contribution in [0.4, 0.5) is 0 Å². The van der Waals surface area contributed by atoms with E-state index < -0.39 is 12.1 Å². The van der Waals surface area contributed by atoms with Crippen LogP contribution in [0.25, 0.3) is 12.2 Å². The number of hydrogen-bond acceptors (Lipinski definition) is 5. The summed E-state index contributed by atoms with van der Waals surface area (Å²) in [5, 5.41) is 15.2. The van der Waals surface area contributed by atoms with E-state index in [-0.39, 0.29) is 6.73 Å². The molecule has 0 fully saturated rings. The fourth-order valence-corrected chi connectivity index (χ4v) is 1.96. The Morgan fingerprint density at radius 1 is 1.58 bits per heavy atom. The smallest absolute Gasteiger partial charge is 0.336 e. The molecule has 0 aliphatic rings. The highest BCUT2D eigenvalue weighted by molar-refractivity contribution is 7.10. The predicted octanol–water partition coefficient (Wildman–Crippen LogP) is 2.00. The van der Waals surface area contributed by atoms with Gasteiger partial charge in [0.25, 0.3) is 0 Å². The van der Waals surface area contributed by atoms with Gasteiger partial charge in [0.2, 0.25) is 0 Å². The van der Waals surface area contributed by atoms with Gasteiger partial charge >= 0.3 is 5.97 Å². The van der Waals surface area contributed by atoms with Gasteiger partial charge in [0.1, 0.15) is 6.10 Å². The SMILES string of the molecule is CC(O)C(=O)OCn1ccc(/C=C/c2cccs2)n1. The largest absolute Gasteiger partial charge is 0.440 e. The molecule has 2 aromatic rings. The zero-order valence-electron chi connectivity index (χ0n) is 10.4. The van der Waals surface area contributed by atoms with Gasteiger partial charge in [0, 0.05) is 11.1 Å². The second kappa shape index (κ2) is 6.31. The summed E-state index contributed by atoms with van der Waals surface area (Å²) in [6.45, 7) is 1.36. The van der Waals surface area contributed by atoms with Crippen LogP contribution in [0, 0.1) is 0 Å². The maximum Gasteiger partial charge on any atom is 0.336 e. The molecular weight excluding hydrogens is 264 g/mol. The molecule has 19 heavy (non-hydrogen) atoms. The summed E-state index contributed by atoms with van der Waals surface area (Å²) < 4.78 is 6.34. The highest BCUT2D eigenvalue weighted by Gasteiger charge is 2.09. The molecule has 2 aromatic heterocycles. The van der Waals surface area contributed by atoms with E-state index in [2.05, 4.69) is 5.10 Å². The summed E-state index contributed by atoms with van der Waals surface area (Å²) >= 11 is 1.65. The summed E-state index contributed by atoms with van der Waals surface area (Å²) in [7, 11) is 0. The van der Waals surface area contributed by atoms with E-state index in [1.54, 1.807) is 17.5 Å². The Hall–Kier alpha value is -1.92. The average Bonchev–Trinajstić information content (AvgIpc) is 3.04. The maximum absolute atomic E-state index is 11.1. The summed E-state index contributed by atoms with van der Waals surface area (Å²) in [6, 6.07) is 5.82. The molecule has 1 unspecified atom stereocenters. The minimum atomic E-state index is -1.12. The lowest BCUT2D eigenvalue weighted by molar-refractivity contribution is -0.156. The normalized spacial score (nSPS) is 12.7.